The molecule has 0 aliphatic rings. The lowest BCUT2D eigenvalue weighted by molar-refractivity contribution is -0.142. The summed E-state index contributed by atoms with van der Waals surface area (Å²) in [5.41, 5.74) is 0. The first-order valence-electron chi connectivity index (χ1n) is 5.96. The van der Waals surface area contributed by atoms with Gasteiger partial charge < -0.3 is 9.47 Å². The molecule has 0 heterocycles. The Labute approximate surface area is 113 Å². The molecule has 0 atom stereocenters. The molecule has 0 radical (unpaired) electrons. The van der Waals surface area contributed by atoms with Crippen molar-refractivity contribution in [3.8, 4) is 0 Å². The second-order valence-electron chi connectivity index (χ2n) is 4.09. The van der Waals surface area contributed by atoms with E-state index in [2.05, 4.69) is 9.47 Å². The molecule has 0 rings (SSSR count). The normalized spacial score (nSPS) is 11.7. The maximum Gasteiger partial charge on any atom is 0.321 e. The molecule has 0 fully saturated rings. The summed E-state index contributed by atoms with van der Waals surface area (Å²) in [6.07, 6.45) is -0.236. The van der Waals surface area contributed by atoms with Crippen LogP contribution in [0.15, 0.2) is 0 Å². The van der Waals surface area contributed by atoms with E-state index in [1.54, 1.807) is 20.8 Å². The van der Waals surface area contributed by atoms with Gasteiger partial charge in [0.05, 0.1) is 25.9 Å². The van der Waals surface area contributed by atoms with Crippen molar-refractivity contribution in [1.29, 1.82) is 0 Å². The Balaban J connectivity index is 4.71. The lowest BCUT2D eigenvalue weighted by Crippen LogP contribution is -2.42. The second-order valence-corrected chi connectivity index (χ2v) is 6.13. The SMILES string of the molecule is CCOC(=O)CCS(=O)(=O)N(CC(=O)OC)C(C)C. The highest BCUT2D eigenvalue weighted by Gasteiger charge is 2.28. The van der Waals surface area contributed by atoms with Gasteiger partial charge in [-0.15, -0.1) is 0 Å². The fraction of sp³-hybridized carbons (Fsp3) is 0.818. The van der Waals surface area contributed by atoms with Gasteiger partial charge in [-0.3, -0.25) is 9.59 Å². The monoisotopic (exact) mass is 295 g/mol. The van der Waals surface area contributed by atoms with E-state index in [0.29, 0.717) is 0 Å². The quantitative estimate of drug-likeness (QED) is 0.592. The number of sulfonamides is 1. The zero-order valence-electron chi connectivity index (χ0n) is 11.7. The summed E-state index contributed by atoms with van der Waals surface area (Å²) in [6.45, 7) is 4.77. The maximum absolute atomic E-state index is 12.0. The first-order valence-corrected chi connectivity index (χ1v) is 7.57. The van der Waals surface area contributed by atoms with E-state index in [-0.39, 0.29) is 25.3 Å². The largest absolute Gasteiger partial charge is 0.468 e. The zero-order valence-corrected chi connectivity index (χ0v) is 12.5. The average Bonchev–Trinajstić information content (AvgIpc) is 2.33. The highest BCUT2D eigenvalue weighted by molar-refractivity contribution is 7.89. The molecule has 112 valence electrons. The first kappa shape index (κ1) is 17.8. The van der Waals surface area contributed by atoms with Crippen molar-refractivity contribution in [3.63, 3.8) is 0 Å². The number of ether oxygens (including phenoxy) is 2. The highest BCUT2D eigenvalue weighted by atomic mass is 32.2. The van der Waals surface area contributed by atoms with Crippen molar-refractivity contribution >= 4 is 22.0 Å². The Morgan fingerprint density at radius 1 is 1.21 bits per heavy atom. The van der Waals surface area contributed by atoms with E-state index >= 15 is 0 Å². The van der Waals surface area contributed by atoms with Crippen LogP contribution in [-0.4, -0.2) is 56.7 Å². The standard InChI is InChI=1S/C11H21NO6S/c1-5-18-10(13)6-7-19(15,16)12(9(2)3)8-11(14)17-4/h9H,5-8H2,1-4H3. The number of carbonyl (C=O) groups excluding carboxylic acids is 2. The fourth-order valence-corrected chi connectivity index (χ4v) is 2.96. The topological polar surface area (TPSA) is 90.0 Å². The minimum Gasteiger partial charge on any atom is -0.468 e. The molecule has 0 aliphatic carbocycles. The van der Waals surface area contributed by atoms with Crippen molar-refractivity contribution in [3.05, 3.63) is 0 Å². The van der Waals surface area contributed by atoms with Crippen LogP contribution >= 0.6 is 0 Å². The molecular formula is C11H21NO6S. The molecule has 0 N–H and O–H groups in total. The third-order valence-corrected chi connectivity index (χ3v) is 4.30. The molecule has 19 heavy (non-hydrogen) atoms. The summed E-state index contributed by atoms with van der Waals surface area (Å²) in [4.78, 5) is 22.4. The summed E-state index contributed by atoms with van der Waals surface area (Å²) >= 11 is 0. The van der Waals surface area contributed by atoms with Crippen molar-refractivity contribution in [1.82, 2.24) is 4.31 Å². The van der Waals surface area contributed by atoms with Crippen molar-refractivity contribution in [2.24, 2.45) is 0 Å². The molecule has 0 saturated heterocycles. The molecule has 0 bridgehead atoms. The molecule has 0 aromatic carbocycles. The minimum absolute atomic E-state index is 0.203. The molecule has 0 amide bonds. The highest BCUT2D eigenvalue weighted by Crippen LogP contribution is 2.09. The van der Waals surface area contributed by atoms with Gasteiger partial charge in [-0.1, -0.05) is 0 Å². The van der Waals surface area contributed by atoms with Crippen molar-refractivity contribution in [2.75, 3.05) is 26.0 Å². The van der Waals surface area contributed by atoms with Gasteiger partial charge in [0.15, 0.2) is 0 Å². The van der Waals surface area contributed by atoms with Crippen molar-refractivity contribution < 1.29 is 27.5 Å². The lowest BCUT2D eigenvalue weighted by atomic mass is 10.4. The molecule has 7 nitrogen and oxygen atoms in total. The Kier molecular flexibility index (Phi) is 7.62. The number of rotatable bonds is 8. The van der Waals surface area contributed by atoms with Crippen LogP contribution in [0.1, 0.15) is 27.2 Å². The van der Waals surface area contributed by atoms with Gasteiger partial charge in [-0.2, -0.15) is 4.31 Å². The molecule has 0 unspecified atom stereocenters. The molecule has 0 saturated carbocycles. The summed E-state index contributed by atoms with van der Waals surface area (Å²) in [5, 5.41) is 0. The van der Waals surface area contributed by atoms with Crippen molar-refractivity contribution in [2.45, 2.75) is 33.2 Å². The van der Waals surface area contributed by atoms with Crippen LogP contribution in [0.3, 0.4) is 0 Å². The number of methoxy groups -OCH3 is 1. The third-order valence-electron chi connectivity index (χ3n) is 2.32. The number of hydrogen-bond donors (Lipinski definition) is 0. The maximum atomic E-state index is 12.0. The lowest BCUT2D eigenvalue weighted by Gasteiger charge is -2.24. The Morgan fingerprint density at radius 2 is 1.79 bits per heavy atom. The van der Waals surface area contributed by atoms with Gasteiger partial charge in [0.25, 0.3) is 0 Å². The summed E-state index contributed by atoms with van der Waals surface area (Å²) < 4.78 is 34.2. The zero-order chi connectivity index (χ0) is 15.1. The number of esters is 2. The van der Waals surface area contributed by atoms with E-state index < -0.39 is 28.0 Å². The van der Waals surface area contributed by atoms with Crippen LogP contribution in [0.4, 0.5) is 0 Å². The fourth-order valence-electron chi connectivity index (χ4n) is 1.36. The Hall–Kier alpha value is -1.15. The third kappa shape index (κ3) is 6.53. The molecule has 0 aromatic rings. The number of hydrogen-bond acceptors (Lipinski definition) is 6. The predicted octanol–water partition coefficient (Wildman–Crippen LogP) is 0.153. The van der Waals surface area contributed by atoms with Crippen LogP contribution in [0.2, 0.25) is 0 Å². The van der Waals surface area contributed by atoms with E-state index in [9.17, 15) is 18.0 Å². The second kappa shape index (κ2) is 8.11. The van der Waals surface area contributed by atoms with Gasteiger partial charge in [0, 0.05) is 6.04 Å². The van der Waals surface area contributed by atoms with Crippen LogP contribution in [0.25, 0.3) is 0 Å². The Bertz CT molecular complexity index is 403. The molecule has 8 heteroatoms. The van der Waals surface area contributed by atoms with Crippen LogP contribution < -0.4 is 0 Å². The summed E-state index contributed by atoms with van der Waals surface area (Å²) in [5.74, 6) is -1.61. The van der Waals surface area contributed by atoms with Gasteiger partial charge in [-0.05, 0) is 20.8 Å². The molecule has 0 aromatic heterocycles. The average molecular weight is 295 g/mol. The predicted molar refractivity (Wildman–Crippen MR) is 68.9 cm³/mol. The molecular weight excluding hydrogens is 274 g/mol. The van der Waals surface area contributed by atoms with Gasteiger partial charge in [-0.25, -0.2) is 8.42 Å². The summed E-state index contributed by atoms with van der Waals surface area (Å²) in [6, 6.07) is -0.397. The van der Waals surface area contributed by atoms with E-state index in [4.69, 9.17) is 0 Å². The minimum atomic E-state index is -3.71. The number of nitrogens with zero attached hydrogens (tertiary/aromatic N) is 1. The van der Waals surface area contributed by atoms with Crippen LogP contribution in [0.5, 0.6) is 0 Å². The first-order chi connectivity index (χ1) is 8.74. The van der Waals surface area contributed by atoms with E-state index in [1.807, 2.05) is 0 Å². The van der Waals surface area contributed by atoms with Gasteiger partial charge in [0.1, 0.15) is 6.54 Å². The van der Waals surface area contributed by atoms with E-state index in [0.717, 1.165) is 4.31 Å². The Morgan fingerprint density at radius 3 is 2.21 bits per heavy atom. The van der Waals surface area contributed by atoms with E-state index in [1.165, 1.54) is 7.11 Å². The number of carbonyl (C=O) groups is 2. The summed E-state index contributed by atoms with van der Waals surface area (Å²) in [7, 11) is -2.52. The smallest absolute Gasteiger partial charge is 0.321 e. The van der Waals surface area contributed by atoms with Crippen LogP contribution in [-0.2, 0) is 29.1 Å². The molecule has 0 spiro atoms. The van der Waals surface area contributed by atoms with Crippen LogP contribution in [0, 0.1) is 0 Å². The molecule has 0 aliphatic heterocycles. The van der Waals surface area contributed by atoms with Gasteiger partial charge >= 0.3 is 11.9 Å². The van der Waals surface area contributed by atoms with Gasteiger partial charge in [0.2, 0.25) is 10.0 Å².